The van der Waals surface area contributed by atoms with E-state index in [4.69, 9.17) is 13.6 Å². The fourth-order valence-corrected chi connectivity index (χ4v) is 3.98. The maximum absolute atomic E-state index is 12.4. The van der Waals surface area contributed by atoms with Crippen molar-refractivity contribution in [2.24, 2.45) is 0 Å². The number of nitrogens with zero attached hydrogens (tertiary/aromatic N) is 4. The summed E-state index contributed by atoms with van der Waals surface area (Å²) in [4.78, 5) is 12.4. The quantitative estimate of drug-likeness (QED) is 0.296. The first-order valence-corrected chi connectivity index (χ1v) is 10.2. The zero-order valence-electron chi connectivity index (χ0n) is 14.8. The van der Waals surface area contributed by atoms with Crippen LogP contribution in [0.5, 0.6) is 0 Å². The van der Waals surface area contributed by atoms with Gasteiger partial charge in [0.1, 0.15) is 17.9 Å². The number of esters is 1. The molecule has 10 heteroatoms. The van der Waals surface area contributed by atoms with Gasteiger partial charge in [-0.25, -0.2) is 9.48 Å². The third-order valence-corrected chi connectivity index (χ3v) is 5.42. The van der Waals surface area contributed by atoms with E-state index in [2.05, 4.69) is 31.5 Å². The van der Waals surface area contributed by atoms with Gasteiger partial charge in [0, 0.05) is 21.2 Å². The van der Waals surface area contributed by atoms with Crippen LogP contribution in [0.4, 0.5) is 0 Å². The molecule has 0 atom stereocenters. The predicted molar refractivity (Wildman–Crippen MR) is 105 cm³/mol. The molecule has 4 aromatic rings. The first-order chi connectivity index (χ1) is 13.7. The Balaban J connectivity index is 1.63. The maximum Gasteiger partial charge on any atom is 0.374 e. The summed E-state index contributed by atoms with van der Waals surface area (Å²) in [6, 6.07) is 9.27. The normalized spacial score (nSPS) is 11.2. The fraction of sp³-hybridized carbons (Fsp3) is 0.222. The van der Waals surface area contributed by atoms with Crippen LogP contribution in [-0.4, -0.2) is 32.8 Å². The molecule has 0 radical (unpaired) electrons. The largest absolute Gasteiger partial charge is 0.467 e. The molecule has 1 aromatic carbocycles. The number of tetrazole rings is 1. The minimum atomic E-state index is -0.486. The zero-order chi connectivity index (χ0) is 19.5. The van der Waals surface area contributed by atoms with Crippen LogP contribution >= 0.6 is 27.7 Å². The van der Waals surface area contributed by atoms with E-state index in [-0.39, 0.29) is 12.4 Å². The van der Waals surface area contributed by atoms with Crippen LogP contribution in [0.3, 0.4) is 0 Å². The standard InChI is InChI=1S/C18H15BrN4O4S/c1-2-25-17(24)16-14(13-8-11(19)5-6-15(13)27-16)10-28-18-20-21-22-23(18)9-12-4-3-7-26-12/h3-8H,2,9-10H2,1H3. The van der Waals surface area contributed by atoms with Gasteiger partial charge in [-0.05, 0) is 47.7 Å². The highest BCUT2D eigenvalue weighted by molar-refractivity contribution is 9.10. The van der Waals surface area contributed by atoms with Crippen LogP contribution < -0.4 is 0 Å². The van der Waals surface area contributed by atoms with Gasteiger partial charge in [-0.1, -0.05) is 27.7 Å². The van der Waals surface area contributed by atoms with Gasteiger partial charge >= 0.3 is 5.97 Å². The Kier molecular flexibility index (Phi) is 5.49. The van der Waals surface area contributed by atoms with Crippen molar-refractivity contribution >= 4 is 44.6 Å². The van der Waals surface area contributed by atoms with Gasteiger partial charge < -0.3 is 13.6 Å². The molecule has 0 spiro atoms. The molecule has 0 saturated heterocycles. The van der Waals surface area contributed by atoms with E-state index in [1.807, 2.05) is 30.3 Å². The molecule has 8 nitrogen and oxygen atoms in total. The second-order valence-corrected chi connectivity index (χ2v) is 7.62. The Hall–Kier alpha value is -2.59. The summed E-state index contributed by atoms with van der Waals surface area (Å²) < 4.78 is 18.8. The fourth-order valence-electron chi connectivity index (χ4n) is 2.71. The lowest BCUT2D eigenvalue weighted by Crippen LogP contribution is -2.06. The molecular weight excluding hydrogens is 448 g/mol. The highest BCUT2D eigenvalue weighted by Gasteiger charge is 2.23. The number of aromatic nitrogens is 4. The molecule has 4 rings (SSSR count). The van der Waals surface area contributed by atoms with Crippen LogP contribution in [0.15, 0.2) is 55.1 Å². The first kappa shape index (κ1) is 18.8. The number of carbonyl (C=O) groups excluding carboxylic acids is 1. The lowest BCUT2D eigenvalue weighted by Gasteiger charge is -2.04. The van der Waals surface area contributed by atoms with Gasteiger partial charge in [-0.3, -0.25) is 0 Å². The molecule has 0 fully saturated rings. The molecule has 144 valence electrons. The first-order valence-electron chi connectivity index (χ1n) is 8.45. The van der Waals surface area contributed by atoms with Gasteiger partial charge in [0.2, 0.25) is 10.9 Å². The number of furan rings is 2. The number of carbonyl (C=O) groups is 1. The van der Waals surface area contributed by atoms with Crippen molar-refractivity contribution in [3.05, 3.63) is 58.2 Å². The van der Waals surface area contributed by atoms with E-state index < -0.39 is 5.97 Å². The molecule has 3 heterocycles. The van der Waals surface area contributed by atoms with Crippen molar-refractivity contribution in [2.45, 2.75) is 24.4 Å². The molecule has 0 aliphatic carbocycles. The predicted octanol–water partition coefficient (Wildman–Crippen LogP) is 4.29. The van der Waals surface area contributed by atoms with Crippen LogP contribution in [0.25, 0.3) is 11.0 Å². The Morgan fingerprint density at radius 2 is 2.25 bits per heavy atom. The highest BCUT2D eigenvalue weighted by Crippen LogP contribution is 2.33. The van der Waals surface area contributed by atoms with Gasteiger partial charge in [-0.2, -0.15) is 0 Å². The van der Waals surface area contributed by atoms with E-state index in [0.717, 1.165) is 21.2 Å². The summed E-state index contributed by atoms with van der Waals surface area (Å²) in [6.45, 7) is 2.45. The third kappa shape index (κ3) is 3.83. The summed E-state index contributed by atoms with van der Waals surface area (Å²) in [5, 5.41) is 13.3. The van der Waals surface area contributed by atoms with E-state index in [9.17, 15) is 4.79 Å². The lowest BCUT2D eigenvalue weighted by atomic mass is 10.1. The van der Waals surface area contributed by atoms with Crippen LogP contribution in [0.1, 0.15) is 28.8 Å². The van der Waals surface area contributed by atoms with Crippen molar-refractivity contribution in [3.63, 3.8) is 0 Å². The van der Waals surface area contributed by atoms with Crippen molar-refractivity contribution < 1.29 is 18.4 Å². The number of fused-ring (bicyclic) bond motifs is 1. The molecule has 0 aliphatic heterocycles. The van der Waals surface area contributed by atoms with E-state index in [1.165, 1.54) is 11.8 Å². The molecule has 0 N–H and O–H groups in total. The monoisotopic (exact) mass is 462 g/mol. The van der Waals surface area contributed by atoms with Crippen molar-refractivity contribution in [1.82, 2.24) is 20.2 Å². The van der Waals surface area contributed by atoms with Gasteiger partial charge in [0.05, 0.1) is 12.9 Å². The van der Waals surface area contributed by atoms with Crippen LogP contribution in [0.2, 0.25) is 0 Å². The average molecular weight is 463 g/mol. The van der Waals surface area contributed by atoms with Gasteiger partial charge in [0.25, 0.3) is 0 Å². The summed E-state index contributed by atoms with van der Waals surface area (Å²) in [5.41, 5.74) is 1.37. The number of ether oxygens (including phenoxy) is 1. The topological polar surface area (TPSA) is 96.2 Å². The zero-order valence-corrected chi connectivity index (χ0v) is 17.2. The smallest absolute Gasteiger partial charge is 0.374 e. The molecule has 28 heavy (non-hydrogen) atoms. The highest BCUT2D eigenvalue weighted by atomic mass is 79.9. The Labute approximate surface area is 172 Å². The van der Waals surface area contributed by atoms with E-state index in [1.54, 1.807) is 17.9 Å². The molecular formula is C18H15BrN4O4S. The van der Waals surface area contributed by atoms with Crippen LogP contribution in [0, 0.1) is 0 Å². The Morgan fingerprint density at radius 3 is 3.04 bits per heavy atom. The van der Waals surface area contributed by atoms with Gasteiger partial charge in [0.15, 0.2) is 0 Å². The van der Waals surface area contributed by atoms with Gasteiger partial charge in [-0.15, -0.1) is 5.10 Å². The Bertz CT molecular complexity index is 1110. The number of hydrogen-bond donors (Lipinski definition) is 0. The van der Waals surface area contributed by atoms with Crippen molar-refractivity contribution in [2.75, 3.05) is 6.61 Å². The number of hydrogen-bond acceptors (Lipinski definition) is 8. The van der Waals surface area contributed by atoms with Crippen molar-refractivity contribution in [1.29, 1.82) is 0 Å². The molecule has 0 unspecified atom stereocenters. The summed E-state index contributed by atoms with van der Waals surface area (Å²) in [7, 11) is 0. The number of rotatable bonds is 7. The summed E-state index contributed by atoms with van der Waals surface area (Å²) in [5.74, 6) is 0.906. The van der Waals surface area contributed by atoms with Crippen LogP contribution in [-0.2, 0) is 17.0 Å². The maximum atomic E-state index is 12.4. The molecule has 3 aromatic heterocycles. The van der Waals surface area contributed by atoms with E-state index >= 15 is 0 Å². The number of halogens is 1. The molecule has 0 bridgehead atoms. The number of benzene rings is 1. The number of thioether (sulfide) groups is 1. The summed E-state index contributed by atoms with van der Waals surface area (Å²) in [6.07, 6.45) is 1.60. The molecule has 0 amide bonds. The SMILES string of the molecule is CCOC(=O)c1oc2ccc(Br)cc2c1CSc1nnnn1Cc1ccco1. The molecule has 0 aliphatic rings. The third-order valence-electron chi connectivity index (χ3n) is 3.94. The molecule has 0 saturated carbocycles. The van der Waals surface area contributed by atoms with Crippen molar-refractivity contribution in [3.8, 4) is 0 Å². The minimum Gasteiger partial charge on any atom is -0.467 e. The second-order valence-electron chi connectivity index (χ2n) is 5.76. The van der Waals surface area contributed by atoms with E-state index in [0.29, 0.717) is 23.0 Å². The lowest BCUT2D eigenvalue weighted by molar-refractivity contribution is 0.0491. The second kappa shape index (κ2) is 8.19. The minimum absolute atomic E-state index is 0.201. The average Bonchev–Trinajstić information content (AvgIpc) is 3.41. The Morgan fingerprint density at radius 1 is 1.36 bits per heavy atom. The summed E-state index contributed by atoms with van der Waals surface area (Å²) >= 11 is 4.87.